The number of nitrogens with zero attached hydrogens (tertiary/aromatic N) is 2. The molecule has 1 saturated heterocycles. The minimum Gasteiger partial charge on any atom is -0.490 e. The molecule has 0 aliphatic carbocycles. The molecule has 2 rings (SSSR count). The number of ether oxygens (including phenoxy) is 2. The summed E-state index contributed by atoms with van der Waals surface area (Å²) in [5.74, 6) is 1.39. The predicted molar refractivity (Wildman–Crippen MR) is 96.6 cm³/mol. The van der Waals surface area contributed by atoms with E-state index in [1.807, 2.05) is 32.0 Å². The zero-order valence-corrected chi connectivity index (χ0v) is 15.2. The Labute approximate surface area is 149 Å². The average molecular weight is 346 g/mol. The maximum atomic E-state index is 12.3. The molecule has 6 nitrogen and oxygen atoms in total. The van der Waals surface area contributed by atoms with E-state index in [4.69, 9.17) is 9.47 Å². The molecule has 0 saturated carbocycles. The van der Waals surface area contributed by atoms with Gasteiger partial charge >= 0.3 is 0 Å². The first-order valence-corrected chi connectivity index (χ1v) is 8.67. The highest BCUT2D eigenvalue weighted by Crippen LogP contribution is 2.29. The summed E-state index contributed by atoms with van der Waals surface area (Å²) in [6, 6.07) is 5.61. The maximum absolute atomic E-state index is 12.3. The van der Waals surface area contributed by atoms with Crippen LogP contribution in [0.15, 0.2) is 24.3 Å². The molecular formula is C19H26N2O4. The van der Waals surface area contributed by atoms with E-state index in [1.54, 1.807) is 28.9 Å². The fourth-order valence-corrected chi connectivity index (χ4v) is 2.69. The van der Waals surface area contributed by atoms with Crippen LogP contribution >= 0.6 is 0 Å². The lowest BCUT2D eigenvalue weighted by Gasteiger charge is -2.33. The standard InChI is InChI=1S/C19H26N2O4/c1-4-24-17-8-6-16(14-18(17)25-5-2)7-9-19(23)21-12-10-20(11-13-21)15(3)22/h6-9,14H,4-5,10-13H2,1-3H3/b9-7+. The van der Waals surface area contributed by atoms with Gasteiger partial charge in [0.1, 0.15) is 0 Å². The van der Waals surface area contributed by atoms with Crippen LogP contribution in [0.1, 0.15) is 26.3 Å². The molecule has 0 N–H and O–H groups in total. The number of benzene rings is 1. The summed E-state index contributed by atoms with van der Waals surface area (Å²) in [6.07, 6.45) is 3.34. The van der Waals surface area contributed by atoms with E-state index in [1.165, 1.54) is 0 Å². The van der Waals surface area contributed by atoms with Gasteiger partial charge in [-0.05, 0) is 37.6 Å². The summed E-state index contributed by atoms with van der Waals surface area (Å²) >= 11 is 0. The summed E-state index contributed by atoms with van der Waals surface area (Å²) in [7, 11) is 0. The van der Waals surface area contributed by atoms with Crippen LogP contribution in [-0.2, 0) is 9.59 Å². The SMILES string of the molecule is CCOc1ccc(/C=C/C(=O)N2CCN(C(C)=O)CC2)cc1OCC. The molecule has 1 aromatic carbocycles. The van der Waals surface area contributed by atoms with Crippen molar-refractivity contribution in [3.63, 3.8) is 0 Å². The Hall–Kier alpha value is -2.50. The Morgan fingerprint density at radius 1 is 1.00 bits per heavy atom. The monoisotopic (exact) mass is 346 g/mol. The second-order valence-corrected chi connectivity index (χ2v) is 5.74. The van der Waals surface area contributed by atoms with Gasteiger partial charge in [-0.15, -0.1) is 0 Å². The Bertz CT molecular complexity index is 634. The molecule has 0 atom stereocenters. The first-order chi connectivity index (χ1) is 12.0. The normalized spacial score (nSPS) is 14.7. The molecule has 2 amide bonds. The number of amides is 2. The molecule has 0 radical (unpaired) electrons. The summed E-state index contributed by atoms with van der Waals surface area (Å²) in [4.78, 5) is 27.2. The van der Waals surface area contributed by atoms with Crippen molar-refractivity contribution in [1.29, 1.82) is 0 Å². The van der Waals surface area contributed by atoms with Crippen LogP contribution in [-0.4, -0.2) is 61.0 Å². The highest BCUT2D eigenvalue weighted by molar-refractivity contribution is 5.92. The fourth-order valence-electron chi connectivity index (χ4n) is 2.69. The average Bonchev–Trinajstić information content (AvgIpc) is 2.62. The number of carbonyl (C=O) groups is 2. The first-order valence-electron chi connectivity index (χ1n) is 8.67. The van der Waals surface area contributed by atoms with E-state index in [0.717, 1.165) is 5.56 Å². The van der Waals surface area contributed by atoms with Crippen molar-refractivity contribution < 1.29 is 19.1 Å². The minimum absolute atomic E-state index is 0.0463. The molecule has 1 aromatic rings. The molecule has 1 heterocycles. The van der Waals surface area contributed by atoms with Crippen LogP contribution < -0.4 is 9.47 Å². The Balaban J connectivity index is 2.00. The smallest absolute Gasteiger partial charge is 0.246 e. The van der Waals surface area contributed by atoms with E-state index >= 15 is 0 Å². The summed E-state index contributed by atoms with van der Waals surface area (Å²) < 4.78 is 11.1. The molecule has 0 bridgehead atoms. The van der Waals surface area contributed by atoms with Crippen LogP contribution in [0, 0.1) is 0 Å². The van der Waals surface area contributed by atoms with Gasteiger partial charge in [-0.1, -0.05) is 6.07 Å². The lowest BCUT2D eigenvalue weighted by atomic mass is 10.2. The van der Waals surface area contributed by atoms with Gasteiger partial charge in [0.2, 0.25) is 11.8 Å². The quantitative estimate of drug-likeness (QED) is 0.741. The lowest BCUT2D eigenvalue weighted by molar-refractivity contribution is -0.135. The van der Waals surface area contributed by atoms with Gasteiger partial charge in [0.15, 0.2) is 11.5 Å². The van der Waals surface area contributed by atoms with Gasteiger partial charge in [0, 0.05) is 39.2 Å². The number of hydrogen-bond donors (Lipinski definition) is 0. The Morgan fingerprint density at radius 3 is 2.20 bits per heavy atom. The van der Waals surface area contributed by atoms with Crippen LogP contribution in [0.4, 0.5) is 0 Å². The maximum Gasteiger partial charge on any atom is 0.246 e. The second-order valence-electron chi connectivity index (χ2n) is 5.74. The van der Waals surface area contributed by atoms with Gasteiger partial charge in [0.25, 0.3) is 0 Å². The van der Waals surface area contributed by atoms with E-state index in [-0.39, 0.29) is 11.8 Å². The predicted octanol–water partition coefficient (Wildman–Crippen LogP) is 2.19. The molecule has 0 spiro atoms. The second kappa shape index (κ2) is 9.11. The number of carbonyl (C=O) groups excluding carboxylic acids is 2. The molecule has 0 unspecified atom stereocenters. The van der Waals surface area contributed by atoms with Crippen molar-refractivity contribution in [1.82, 2.24) is 9.80 Å². The third kappa shape index (κ3) is 5.24. The summed E-state index contributed by atoms with van der Waals surface area (Å²) in [5, 5.41) is 0. The van der Waals surface area contributed by atoms with Crippen molar-refractivity contribution in [2.45, 2.75) is 20.8 Å². The summed E-state index contributed by atoms with van der Waals surface area (Å²) in [5.41, 5.74) is 0.877. The van der Waals surface area contributed by atoms with E-state index < -0.39 is 0 Å². The molecule has 1 aliphatic rings. The van der Waals surface area contributed by atoms with Crippen molar-refractivity contribution in [2.24, 2.45) is 0 Å². The largest absolute Gasteiger partial charge is 0.490 e. The Kier molecular flexibility index (Phi) is 6.86. The molecule has 1 aliphatic heterocycles. The molecule has 25 heavy (non-hydrogen) atoms. The van der Waals surface area contributed by atoms with Gasteiger partial charge in [0.05, 0.1) is 13.2 Å². The topological polar surface area (TPSA) is 59.1 Å². The van der Waals surface area contributed by atoms with Crippen LogP contribution in [0.5, 0.6) is 11.5 Å². The highest BCUT2D eigenvalue weighted by atomic mass is 16.5. The zero-order chi connectivity index (χ0) is 18.2. The minimum atomic E-state index is -0.0463. The molecule has 0 aromatic heterocycles. The highest BCUT2D eigenvalue weighted by Gasteiger charge is 2.20. The molecule has 6 heteroatoms. The van der Waals surface area contributed by atoms with Crippen molar-refractivity contribution in [3.05, 3.63) is 29.8 Å². The Morgan fingerprint density at radius 2 is 1.60 bits per heavy atom. The first kappa shape index (κ1) is 18.8. The molecular weight excluding hydrogens is 320 g/mol. The third-order valence-electron chi connectivity index (χ3n) is 4.02. The summed E-state index contributed by atoms with van der Waals surface area (Å²) in [6.45, 7) is 8.83. The number of piperazine rings is 1. The van der Waals surface area contributed by atoms with Gasteiger partial charge in [-0.2, -0.15) is 0 Å². The zero-order valence-electron chi connectivity index (χ0n) is 15.2. The van der Waals surface area contributed by atoms with Gasteiger partial charge < -0.3 is 19.3 Å². The number of hydrogen-bond acceptors (Lipinski definition) is 4. The van der Waals surface area contributed by atoms with Gasteiger partial charge in [-0.25, -0.2) is 0 Å². The van der Waals surface area contributed by atoms with Crippen LogP contribution in [0.3, 0.4) is 0 Å². The molecule has 1 fully saturated rings. The van der Waals surface area contributed by atoms with E-state index in [2.05, 4.69) is 0 Å². The van der Waals surface area contributed by atoms with Crippen molar-refractivity contribution in [2.75, 3.05) is 39.4 Å². The fraction of sp³-hybridized carbons (Fsp3) is 0.474. The van der Waals surface area contributed by atoms with Crippen LogP contribution in [0.2, 0.25) is 0 Å². The third-order valence-corrected chi connectivity index (χ3v) is 4.02. The van der Waals surface area contributed by atoms with Crippen molar-refractivity contribution in [3.8, 4) is 11.5 Å². The number of rotatable bonds is 6. The lowest BCUT2D eigenvalue weighted by Crippen LogP contribution is -2.49. The molecule has 136 valence electrons. The van der Waals surface area contributed by atoms with Crippen LogP contribution in [0.25, 0.3) is 6.08 Å². The van der Waals surface area contributed by atoms with E-state index in [9.17, 15) is 9.59 Å². The van der Waals surface area contributed by atoms with Gasteiger partial charge in [-0.3, -0.25) is 9.59 Å². The van der Waals surface area contributed by atoms with E-state index in [0.29, 0.717) is 50.9 Å². The van der Waals surface area contributed by atoms with Crippen molar-refractivity contribution >= 4 is 17.9 Å².